The van der Waals surface area contributed by atoms with Crippen LogP contribution in [0.4, 0.5) is 0 Å². The molecule has 0 aliphatic heterocycles. The highest BCUT2D eigenvalue weighted by atomic mass is 32.2. The summed E-state index contributed by atoms with van der Waals surface area (Å²) >= 11 is 1.73. The van der Waals surface area contributed by atoms with Gasteiger partial charge in [0.25, 0.3) is 5.56 Å². The first-order valence-corrected chi connectivity index (χ1v) is 12.4. The summed E-state index contributed by atoms with van der Waals surface area (Å²) in [6, 6.07) is 14.7. The fourth-order valence-corrected chi connectivity index (χ4v) is 5.90. The number of nitrogens with zero attached hydrogens (tertiary/aromatic N) is 3. The molecule has 2 N–H and O–H groups in total. The van der Waals surface area contributed by atoms with E-state index in [1.807, 2.05) is 47.9 Å². The number of hydrogen-bond donors (Lipinski definition) is 2. The number of thioether (sulfide) groups is 1. The van der Waals surface area contributed by atoms with Gasteiger partial charge in [-0.25, -0.2) is 14.9 Å². The molecule has 1 aliphatic carbocycles. The van der Waals surface area contributed by atoms with Crippen molar-refractivity contribution in [3.05, 3.63) is 75.8 Å². The van der Waals surface area contributed by atoms with Crippen LogP contribution < -0.4 is 5.56 Å². The van der Waals surface area contributed by atoms with Crippen molar-refractivity contribution in [2.24, 2.45) is 0 Å². The average Bonchev–Trinajstić information content (AvgIpc) is 3.19. The van der Waals surface area contributed by atoms with Crippen LogP contribution in [0.3, 0.4) is 0 Å². The van der Waals surface area contributed by atoms with Gasteiger partial charge in [-0.1, -0.05) is 73.5 Å². The fourth-order valence-electron chi connectivity index (χ4n) is 4.66. The van der Waals surface area contributed by atoms with E-state index in [1.165, 1.54) is 32.1 Å². The largest absolute Gasteiger partial charge is 0.478 e. The SMILES string of the molecule is Cc1nc2c(SC3CCCCC3)n[nH]c(=O)c2n1Cc1ccc(-c2ccccc2C(=O)O)cc1. The van der Waals surface area contributed by atoms with Crippen molar-refractivity contribution in [3.63, 3.8) is 0 Å². The van der Waals surface area contributed by atoms with Crippen LogP contribution in [0.2, 0.25) is 0 Å². The Bertz CT molecular complexity index is 1400. The number of rotatable bonds is 6. The smallest absolute Gasteiger partial charge is 0.336 e. The first kappa shape index (κ1) is 22.4. The van der Waals surface area contributed by atoms with E-state index in [-0.39, 0.29) is 11.1 Å². The molecule has 0 radical (unpaired) electrons. The Kier molecular flexibility index (Phi) is 6.24. The number of hydrogen-bond acceptors (Lipinski definition) is 5. The third-order valence-electron chi connectivity index (χ3n) is 6.43. The maximum atomic E-state index is 12.7. The predicted molar refractivity (Wildman–Crippen MR) is 134 cm³/mol. The number of nitrogens with one attached hydrogen (secondary N) is 1. The standard InChI is InChI=1S/C26H26N4O3S/c1-16-27-22-23(24(31)28-29-25(22)34-19-7-3-2-4-8-19)30(16)15-17-11-13-18(14-12-17)20-9-5-6-10-21(20)26(32)33/h5-6,9-14,19H,2-4,7-8,15H2,1H3,(H,28,31)(H,32,33). The van der Waals surface area contributed by atoms with Crippen LogP contribution in [0, 0.1) is 6.92 Å². The minimum Gasteiger partial charge on any atom is -0.478 e. The van der Waals surface area contributed by atoms with Crippen molar-refractivity contribution < 1.29 is 9.90 Å². The molecule has 2 aromatic heterocycles. The Labute approximate surface area is 201 Å². The summed E-state index contributed by atoms with van der Waals surface area (Å²) in [4.78, 5) is 29.0. The number of benzene rings is 2. The molecular formula is C26H26N4O3S. The van der Waals surface area contributed by atoms with Crippen LogP contribution in [-0.4, -0.2) is 36.1 Å². The Morgan fingerprint density at radius 3 is 2.59 bits per heavy atom. The molecule has 7 nitrogen and oxygen atoms in total. The quantitative estimate of drug-likeness (QED) is 0.395. The van der Waals surface area contributed by atoms with Crippen LogP contribution in [0.25, 0.3) is 22.2 Å². The summed E-state index contributed by atoms with van der Waals surface area (Å²) in [7, 11) is 0. The summed E-state index contributed by atoms with van der Waals surface area (Å²) in [5.74, 6) is -0.186. The molecule has 5 rings (SSSR count). The van der Waals surface area contributed by atoms with E-state index in [2.05, 4.69) is 10.2 Å². The molecule has 8 heteroatoms. The molecule has 174 valence electrons. The minimum absolute atomic E-state index is 0.240. The number of imidazole rings is 1. The van der Waals surface area contributed by atoms with Crippen molar-refractivity contribution in [3.8, 4) is 11.1 Å². The second-order valence-corrected chi connectivity index (χ2v) is 10.0. The molecule has 0 unspecified atom stereocenters. The van der Waals surface area contributed by atoms with E-state index in [4.69, 9.17) is 4.98 Å². The highest BCUT2D eigenvalue weighted by molar-refractivity contribution is 8.00. The van der Waals surface area contributed by atoms with Gasteiger partial charge in [-0.3, -0.25) is 4.79 Å². The van der Waals surface area contributed by atoms with Gasteiger partial charge in [0, 0.05) is 11.8 Å². The van der Waals surface area contributed by atoms with Crippen molar-refractivity contribution >= 4 is 28.8 Å². The number of fused-ring (bicyclic) bond motifs is 1. The molecule has 1 saturated carbocycles. The van der Waals surface area contributed by atoms with Crippen LogP contribution in [0.5, 0.6) is 0 Å². The van der Waals surface area contributed by atoms with Crippen molar-refractivity contribution in [1.82, 2.24) is 19.7 Å². The summed E-state index contributed by atoms with van der Waals surface area (Å²) in [6.45, 7) is 2.40. The van der Waals surface area contributed by atoms with Crippen LogP contribution in [-0.2, 0) is 6.54 Å². The summed E-state index contributed by atoms with van der Waals surface area (Å²) in [5, 5.41) is 17.8. The lowest BCUT2D eigenvalue weighted by Gasteiger charge is -2.20. The molecular weight excluding hydrogens is 448 g/mol. The molecule has 0 atom stereocenters. The molecule has 2 aromatic carbocycles. The fraction of sp³-hybridized carbons (Fsp3) is 0.308. The highest BCUT2D eigenvalue weighted by Gasteiger charge is 2.21. The molecule has 0 amide bonds. The lowest BCUT2D eigenvalue weighted by molar-refractivity contribution is 0.0697. The zero-order valence-corrected chi connectivity index (χ0v) is 19.8. The third-order valence-corrected chi connectivity index (χ3v) is 7.74. The number of aromatic nitrogens is 4. The summed E-state index contributed by atoms with van der Waals surface area (Å²) < 4.78 is 1.93. The van der Waals surface area contributed by atoms with Gasteiger partial charge in [-0.15, -0.1) is 0 Å². The molecule has 0 saturated heterocycles. The van der Waals surface area contributed by atoms with E-state index in [0.717, 1.165) is 22.0 Å². The van der Waals surface area contributed by atoms with Gasteiger partial charge >= 0.3 is 5.97 Å². The number of carbonyl (C=O) groups is 1. The van der Waals surface area contributed by atoms with Gasteiger partial charge in [-0.2, -0.15) is 5.10 Å². The molecule has 2 heterocycles. The number of aromatic amines is 1. The Morgan fingerprint density at radius 1 is 1.12 bits per heavy atom. The van der Waals surface area contributed by atoms with Crippen LogP contribution >= 0.6 is 11.8 Å². The van der Waals surface area contributed by atoms with Crippen molar-refractivity contribution in [2.75, 3.05) is 0 Å². The van der Waals surface area contributed by atoms with Gasteiger partial charge in [0.15, 0.2) is 0 Å². The molecule has 0 spiro atoms. The van der Waals surface area contributed by atoms with Crippen molar-refractivity contribution in [1.29, 1.82) is 0 Å². The number of H-pyrrole nitrogens is 1. The van der Waals surface area contributed by atoms with E-state index < -0.39 is 5.97 Å². The highest BCUT2D eigenvalue weighted by Crippen LogP contribution is 2.35. The lowest BCUT2D eigenvalue weighted by atomic mass is 9.99. The number of aryl methyl sites for hydroxylation is 1. The molecule has 1 aliphatic rings. The second-order valence-electron chi connectivity index (χ2n) is 8.73. The summed E-state index contributed by atoms with van der Waals surface area (Å²) in [6.07, 6.45) is 6.11. The molecule has 0 bridgehead atoms. The first-order valence-electron chi connectivity index (χ1n) is 11.5. The van der Waals surface area contributed by atoms with Crippen molar-refractivity contribution in [2.45, 2.75) is 55.8 Å². The Hall–Kier alpha value is -3.39. The molecule has 1 fully saturated rings. The zero-order chi connectivity index (χ0) is 23.7. The number of carboxylic acids is 1. The Balaban J connectivity index is 1.45. The topological polar surface area (TPSA) is 101 Å². The van der Waals surface area contributed by atoms with Gasteiger partial charge < -0.3 is 9.67 Å². The van der Waals surface area contributed by atoms with E-state index >= 15 is 0 Å². The predicted octanol–water partition coefficient (Wildman–Crippen LogP) is 5.27. The van der Waals surface area contributed by atoms with E-state index in [0.29, 0.717) is 28.4 Å². The van der Waals surface area contributed by atoms with Crippen LogP contribution in [0.1, 0.15) is 53.8 Å². The Morgan fingerprint density at radius 2 is 1.85 bits per heavy atom. The van der Waals surface area contributed by atoms with Gasteiger partial charge in [0.2, 0.25) is 0 Å². The number of carboxylic acid groups (broad SMARTS) is 1. The minimum atomic E-state index is -0.949. The van der Waals surface area contributed by atoms with Gasteiger partial charge in [-0.05, 0) is 42.5 Å². The van der Waals surface area contributed by atoms with E-state index in [9.17, 15) is 14.7 Å². The van der Waals surface area contributed by atoms with Gasteiger partial charge in [0.05, 0.1) is 5.56 Å². The summed E-state index contributed by atoms with van der Waals surface area (Å²) in [5.41, 5.74) is 3.76. The van der Waals surface area contributed by atoms with E-state index in [1.54, 1.807) is 23.9 Å². The first-order chi connectivity index (χ1) is 16.5. The average molecular weight is 475 g/mol. The molecule has 4 aromatic rings. The van der Waals surface area contributed by atoms with Gasteiger partial charge in [0.1, 0.15) is 21.9 Å². The zero-order valence-electron chi connectivity index (χ0n) is 19.0. The lowest BCUT2D eigenvalue weighted by Crippen LogP contribution is -2.15. The van der Waals surface area contributed by atoms with Crippen LogP contribution in [0.15, 0.2) is 58.4 Å². The maximum Gasteiger partial charge on any atom is 0.336 e. The second kappa shape index (κ2) is 9.46. The molecule has 34 heavy (non-hydrogen) atoms. The monoisotopic (exact) mass is 474 g/mol. The maximum absolute atomic E-state index is 12.7. The number of aromatic carboxylic acids is 1. The normalized spacial score (nSPS) is 14.5. The third kappa shape index (κ3) is 4.37.